The number of carbonyl (C=O) groups is 1. The number of hydrogen-bond donors (Lipinski definition) is 0. The Morgan fingerprint density at radius 3 is 2.66 bits per heavy atom. The van der Waals surface area contributed by atoms with Gasteiger partial charge in [0.2, 0.25) is 6.54 Å². The van der Waals surface area contributed by atoms with E-state index in [4.69, 9.17) is 27.9 Å². The summed E-state index contributed by atoms with van der Waals surface area (Å²) in [4.78, 5) is 39.5. The molecule has 3 atom stereocenters. The number of hydrogen-bond acceptors (Lipinski definition) is 8. The van der Waals surface area contributed by atoms with Crippen molar-refractivity contribution >= 4 is 51.1 Å². The van der Waals surface area contributed by atoms with Crippen molar-refractivity contribution in [3.63, 3.8) is 0 Å². The van der Waals surface area contributed by atoms with Gasteiger partial charge in [0.05, 0.1) is 5.54 Å². The van der Waals surface area contributed by atoms with Crippen molar-refractivity contribution in [1.29, 1.82) is 0 Å². The lowest BCUT2D eigenvalue weighted by Crippen LogP contribution is -2.56. The van der Waals surface area contributed by atoms with E-state index < -0.39 is 35.3 Å². The zero-order valence-electron chi connectivity index (χ0n) is 28.6. The smallest absolute Gasteiger partial charge is 0.319 e. The van der Waals surface area contributed by atoms with Gasteiger partial charge in [-0.2, -0.15) is 9.97 Å². The molecule has 5 aromatic rings. The van der Waals surface area contributed by atoms with Gasteiger partial charge in [-0.05, 0) is 48.5 Å². The third-order valence-electron chi connectivity index (χ3n) is 10.5. The summed E-state index contributed by atoms with van der Waals surface area (Å²) >= 11 is 6.64. The first-order chi connectivity index (χ1) is 25.7. The molecule has 1 amide bonds. The van der Waals surface area contributed by atoms with Crippen molar-refractivity contribution in [3.8, 4) is 17.1 Å². The van der Waals surface area contributed by atoms with E-state index in [1.54, 1.807) is 24.3 Å². The number of halogens is 4. The Kier molecular flexibility index (Phi) is 9.34. The van der Waals surface area contributed by atoms with Crippen LogP contribution in [0.5, 0.6) is 6.01 Å². The quantitative estimate of drug-likeness (QED) is 0.125. The fourth-order valence-electron chi connectivity index (χ4n) is 8.08. The Balaban J connectivity index is 1.18. The highest BCUT2D eigenvalue weighted by Gasteiger charge is 2.49. The van der Waals surface area contributed by atoms with E-state index in [9.17, 15) is 9.18 Å². The molecule has 0 N–H and O–H groups in total. The standard InChI is InChI=1S/C39H34ClF3N8O2/c1-44-20-26-22-49(16-17-51(26)37(52)31(42)18-32-45-13-5-14-46-32)36-29-11-10-28(27-8-2-6-24-7-3-9-30(40)33(24)27)34(43)35(29)47-38(48-36)53-23-39-12-4-15-50(39)21-25(41)19-39/h2-3,5-11,13-14,18,25-26H,4,12,15-17,19-23H2/b31-18-/t25-,26+,39+/m1/s1. The summed E-state index contributed by atoms with van der Waals surface area (Å²) < 4.78 is 53.1. The van der Waals surface area contributed by atoms with Gasteiger partial charge in [-0.3, -0.25) is 9.69 Å². The van der Waals surface area contributed by atoms with E-state index in [2.05, 4.69) is 24.7 Å². The number of benzene rings is 3. The first kappa shape index (κ1) is 34.7. The molecule has 53 heavy (non-hydrogen) atoms. The molecule has 270 valence electrons. The number of carbonyl (C=O) groups excluding carboxylic acids is 1. The third kappa shape index (κ3) is 6.51. The zero-order chi connectivity index (χ0) is 36.7. The molecule has 0 aliphatic carbocycles. The second kappa shape index (κ2) is 14.2. The molecule has 8 rings (SSSR count). The van der Waals surface area contributed by atoms with Crippen molar-refractivity contribution in [2.24, 2.45) is 0 Å². The van der Waals surface area contributed by atoms with Crippen LogP contribution in [0.2, 0.25) is 5.02 Å². The van der Waals surface area contributed by atoms with Gasteiger partial charge in [0.25, 0.3) is 5.91 Å². The van der Waals surface area contributed by atoms with E-state index >= 15 is 8.78 Å². The molecule has 3 aliphatic rings. The fraction of sp³-hybridized carbons (Fsp3) is 0.333. The maximum absolute atomic E-state index is 17.0. The van der Waals surface area contributed by atoms with E-state index in [0.717, 1.165) is 30.8 Å². The summed E-state index contributed by atoms with van der Waals surface area (Å²) in [6.45, 7) is 9.13. The Morgan fingerprint density at radius 2 is 1.85 bits per heavy atom. The van der Waals surface area contributed by atoms with Gasteiger partial charge in [0.1, 0.15) is 30.2 Å². The van der Waals surface area contributed by atoms with Crippen LogP contribution in [-0.2, 0) is 4.79 Å². The van der Waals surface area contributed by atoms with Crippen molar-refractivity contribution in [2.75, 3.05) is 50.8 Å². The Bertz CT molecular complexity index is 2280. The van der Waals surface area contributed by atoms with Crippen LogP contribution in [0, 0.1) is 12.4 Å². The van der Waals surface area contributed by atoms with Crippen LogP contribution < -0.4 is 9.64 Å². The molecule has 3 saturated heterocycles. The summed E-state index contributed by atoms with van der Waals surface area (Å²) in [6.07, 6.45) is 4.92. The lowest BCUT2D eigenvalue weighted by molar-refractivity contribution is -0.130. The number of amides is 1. The molecule has 3 aliphatic heterocycles. The topological polar surface area (TPSA) is 91.9 Å². The molecule has 2 aromatic heterocycles. The van der Waals surface area contributed by atoms with E-state index in [-0.39, 0.29) is 55.7 Å². The van der Waals surface area contributed by atoms with Crippen LogP contribution in [0.25, 0.3) is 43.7 Å². The second-order valence-electron chi connectivity index (χ2n) is 13.7. The van der Waals surface area contributed by atoms with Gasteiger partial charge >= 0.3 is 6.01 Å². The average molecular weight is 739 g/mol. The van der Waals surface area contributed by atoms with Crippen LogP contribution in [0.1, 0.15) is 25.1 Å². The SMILES string of the molecule is [C-]#[N+]C[C@H]1CN(c2nc(OC[C@@]34CCCN3C[C@H](F)C4)nc3c(F)c(-c4cccc5cccc(Cl)c45)ccc23)CCN1C(=O)/C(F)=C/c1ncccn1. The Hall–Kier alpha value is -5.32. The lowest BCUT2D eigenvalue weighted by Gasteiger charge is -2.39. The summed E-state index contributed by atoms with van der Waals surface area (Å²) in [5.74, 6) is -2.14. The van der Waals surface area contributed by atoms with Crippen LogP contribution in [0.4, 0.5) is 19.0 Å². The molecular weight excluding hydrogens is 705 g/mol. The number of rotatable bonds is 8. The highest BCUT2D eigenvalue weighted by Crippen LogP contribution is 2.42. The maximum Gasteiger partial charge on any atom is 0.319 e. The van der Waals surface area contributed by atoms with Crippen molar-refractivity contribution in [1.82, 2.24) is 29.7 Å². The predicted molar refractivity (Wildman–Crippen MR) is 196 cm³/mol. The number of fused-ring (bicyclic) bond motifs is 3. The molecule has 0 bridgehead atoms. The van der Waals surface area contributed by atoms with Crippen LogP contribution in [0.3, 0.4) is 0 Å². The zero-order valence-corrected chi connectivity index (χ0v) is 29.3. The van der Waals surface area contributed by atoms with Crippen LogP contribution >= 0.6 is 11.6 Å². The predicted octanol–water partition coefficient (Wildman–Crippen LogP) is 6.93. The average Bonchev–Trinajstić information content (AvgIpc) is 3.70. The summed E-state index contributed by atoms with van der Waals surface area (Å²) in [5.41, 5.74) is 0.400. The summed E-state index contributed by atoms with van der Waals surface area (Å²) in [7, 11) is 0. The van der Waals surface area contributed by atoms with Gasteiger partial charge < -0.3 is 19.4 Å². The first-order valence-corrected chi connectivity index (χ1v) is 17.9. The molecule has 0 radical (unpaired) electrons. The van der Waals surface area contributed by atoms with Crippen LogP contribution in [0.15, 0.2) is 72.8 Å². The number of ether oxygens (including phenoxy) is 1. The second-order valence-corrected chi connectivity index (χ2v) is 14.1. The molecule has 0 saturated carbocycles. The fourth-order valence-corrected chi connectivity index (χ4v) is 8.36. The van der Waals surface area contributed by atoms with Crippen molar-refractivity contribution in [3.05, 3.63) is 101 Å². The lowest BCUT2D eigenvalue weighted by atomic mass is 9.95. The number of nitrogens with zero attached hydrogens (tertiary/aromatic N) is 8. The number of aromatic nitrogens is 4. The minimum absolute atomic E-state index is 0.0131. The molecule has 0 spiro atoms. The minimum Gasteiger partial charge on any atom is -0.461 e. The molecule has 0 unspecified atom stereocenters. The van der Waals surface area contributed by atoms with Gasteiger partial charge in [-0.25, -0.2) is 29.7 Å². The molecule has 14 heteroatoms. The molecular formula is C39H34ClF3N8O2. The number of piperazine rings is 1. The Labute approximate surface area is 308 Å². The van der Waals surface area contributed by atoms with Gasteiger partial charge in [0.15, 0.2) is 17.5 Å². The summed E-state index contributed by atoms with van der Waals surface area (Å²) in [6, 6.07) is 15.3. The van der Waals surface area contributed by atoms with E-state index in [0.29, 0.717) is 40.1 Å². The summed E-state index contributed by atoms with van der Waals surface area (Å²) in [5, 5.41) is 2.43. The Morgan fingerprint density at radius 1 is 1.04 bits per heavy atom. The van der Waals surface area contributed by atoms with E-state index in [1.807, 2.05) is 35.2 Å². The van der Waals surface area contributed by atoms with Crippen molar-refractivity contribution < 1.29 is 22.7 Å². The minimum atomic E-state index is -1.05. The number of anilines is 1. The monoisotopic (exact) mass is 738 g/mol. The molecule has 3 aromatic carbocycles. The van der Waals surface area contributed by atoms with Gasteiger partial charge in [-0.15, -0.1) is 0 Å². The number of alkyl halides is 1. The van der Waals surface area contributed by atoms with E-state index in [1.165, 1.54) is 17.3 Å². The third-order valence-corrected chi connectivity index (χ3v) is 10.8. The molecule has 3 fully saturated rings. The van der Waals surface area contributed by atoms with Gasteiger partial charge in [-0.1, -0.05) is 48.0 Å². The highest BCUT2D eigenvalue weighted by molar-refractivity contribution is 6.36. The van der Waals surface area contributed by atoms with Gasteiger partial charge in [0, 0.05) is 72.4 Å². The molecule has 5 heterocycles. The van der Waals surface area contributed by atoms with Crippen LogP contribution in [-0.4, -0.2) is 99.3 Å². The maximum atomic E-state index is 17.0. The molecule has 10 nitrogen and oxygen atoms in total. The highest BCUT2D eigenvalue weighted by atomic mass is 35.5. The largest absolute Gasteiger partial charge is 0.461 e. The normalized spacial score (nSPS) is 22.0. The van der Waals surface area contributed by atoms with Crippen molar-refractivity contribution in [2.45, 2.75) is 37.0 Å². The first-order valence-electron chi connectivity index (χ1n) is 17.5.